The largest absolute Gasteiger partial charge is 0.325 e. The fourth-order valence-corrected chi connectivity index (χ4v) is 2.89. The molecular weight excluding hydrogens is 341 g/mol. The molecule has 4 rings (SSSR count). The molecule has 132 valence electrons. The quantitative estimate of drug-likeness (QED) is 0.572. The van der Waals surface area contributed by atoms with E-state index in [0.717, 1.165) is 16.9 Å². The standard InChI is InChI=1S/C22H16FN3O/c23-17-13-11-16(12-14-17)20-15-21(27)25-22(24-18-7-3-1-4-8-18)26(20)19-9-5-2-6-10-19/h1-15H,(H,24,25,27). The smallest absolute Gasteiger partial charge is 0.275 e. The first kappa shape index (κ1) is 16.7. The number of halogens is 1. The molecule has 3 aromatic carbocycles. The number of hydrogen-bond acceptors (Lipinski definition) is 3. The molecule has 0 radical (unpaired) electrons. The minimum Gasteiger partial charge on any atom is -0.325 e. The summed E-state index contributed by atoms with van der Waals surface area (Å²) < 4.78 is 15.2. The van der Waals surface area contributed by atoms with Crippen molar-refractivity contribution in [3.8, 4) is 16.9 Å². The zero-order valence-electron chi connectivity index (χ0n) is 14.3. The summed E-state index contributed by atoms with van der Waals surface area (Å²) in [6, 6.07) is 26.6. The topological polar surface area (TPSA) is 46.9 Å². The van der Waals surface area contributed by atoms with Gasteiger partial charge in [-0.2, -0.15) is 4.98 Å². The highest BCUT2D eigenvalue weighted by molar-refractivity contribution is 5.67. The van der Waals surface area contributed by atoms with Crippen molar-refractivity contribution in [2.75, 3.05) is 5.32 Å². The normalized spacial score (nSPS) is 10.6. The molecule has 0 unspecified atom stereocenters. The van der Waals surface area contributed by atoms with E-state index in [1.807, 2.05) is 65.2 Å². The van der Waals surface area contributed by atoms with Crippen molar-refractivity contribution in [2.45, 2.75) is 0 Å². The van der Waals surface area contributed by atoms with Gasteiger partial charge >= 0.3 is 0 Å². The molecule has 0 spiro atoms. The summed E-state index contributed by atoms with van der Waals surface area (Å²) >= 11 is 0. The van der Waals surface area contributed by atoms with E-state index in [1.54, 1.807) is 12.1 Å². The maximum atomic E-state index is 13.4. The lowest BCUT2D eigenvalue weighted by atomic mass is 10.1. The highest BCUT2D eigenvalue weighted by Crippen LogP contribution is 2.26. The Morgan fingerprint density at radius 1 is 0.815 bits per heavy atom. The highest BCUT2D eigenvalue weighted by atomic mass is 19.1. The van der Waals surface area contributed by atoms with Gasteiger partial charge in [0.2, 0.25) is 5.95 Å². The van der Waals surface area contributed by atoms with Crippen molar-refractivity contribution >= 4 is 11.6 Å². The van der Waals surface area contributed by atoms with E-state index in [9.17, 15) is 9.18 Å². The Morgan fingerprint density at radius 2 is 1.44 bits per heavy atom. The van der Waals surface area contributed by atoms with Crippen molar-refractivity contribution in [3.63, 3.8) is 0 Å². The van der Waals surface area contributed by atoms with Gasteiger partial charge in [0.1, 0.15) is 5.82 Å². The van der Waals surface area contributed by atoms with E-state index in [0.29, 0.717) is 11.6 Å². The third-order valence-corrected chi connectivity index (χ3v) is 4.11. The van der Waals surface area contributed by atoms with Crippen LogP contribution in [-0.4, -0.2) is 9.55 Å². The van der Waals surface area contributed by atoms with Gasteiger partial charge in [0.05, 0.1) is 5.69 Å². The van der Waals surface area contributed by atoms with E-state index in [4.69, 9.17) is 0 Å². The number of aromatic nitrogens is 2. The van der Waals surface area contributed by atoms with E-state index in [1.165, 1.54) is 18.2 Å². The van der Waals surface area contributed by atoms with Crippen molar-refractivity contribution in [3.05, 3.63) is 107 Å². The second kappa shape index (κ2) is 7.25. The van der Waals surface area contributed by atoms with Crippen LogP contribution in [0.3, 0.4) is 0 Å². The van der Waals surface area contributed by atoms with Crippen molar-refractivity contribution in [1.29, 1.82) is 0 Å². The molecule has 0 amide bonds. The molecule has 0 atom stereocenters. The van der Waals surface area contributed by atoms with Gasteiger partial charge in [-0.25, -0.2) is 4.39 Å². The van der Waals surface area contributed by atoms with Gasteiger partial charge in [0.15, 0.2) is 0 Å². The number of nitrogens with one attached hydrogen (secondary N) is 1. The van der Waals surface area contributed by atoms with Gasteiger partial charge < -0.3 is 5.32 Å². The lowest BCUT2D eigenvalue weighted by molar-refractivity contribution is 0.628. The van der Waals surface area contributed by atoms with Crippen LogP contribution in [0.25, 0.3) is 16.9 Å². The molecule has 0 aliphatic carbocycles. The van der Waals surface area contributed by atoms with Crippen molar-refractivity contribution < 1.29 is 4.39 Å². The van der Waals surface area contributed by atoms with Crippen LogP contribution in [0.1, 0.15) is 0 Å². The first-order chi connectivity index (χ1) is 13.2. The van der Waals surface area contributed by atoms with Crippen molar-refractivity contribution in [1.82, 2.24) is 9.55 Å². The molecule has 5 heteroatoms. The van der Waals surface area contributed by atoms with Crippen molar-refractivity contribution in [2.24, 2.45) is 0 Å². The molecule has 0 fully saturated rings. The Balaban J connectivity index is 1.95. The molecule has 0 saturated carbocycles. The average molecular weight is 357 g/mol. The van der Waals surface area contributed by atoms with E-state index in [2.05, 4.69) is 10.3 Å². The maximum Gasteiger partial charge on any atom is 0.275 e. The molecule has 0 saturated heterocycles. The molecule has 4 aromatic rings. The summed E-state index contributed by atoms with van der Waals surface area (Å²) in [5, 5.41) is 3.21. The number of nitrogens with zero attached hydrogens (tertiary/aromatic N) is 2. The predicted octanol–water partition coefficient (Wildman–Crippen LogP) is 4.78. The van der Waals surface area contributed by atoms with Gasteiger partial charge in [-0.05, 0) is 54.1 Å². The first-order valence-corrected chi connectivity index (χ1v) is 8.48. The van der Waals surface area contributed by atoms with Crippen LogP contribution in [0.2, 0.25) is 0 Å². The summed E-state index contributed by atoms with van der Waals surface area (Å²) in [6.45, 7) is 0. The van der Waals surface area contributed by atoms with E-state index >= 15 is 0 Å². The number of anilines is 2. The number of para-hydroxylation sites is 2. The molecule has 4 nitrogen and oxygen atoms in total. The minimum atomic E-state index is -0.375. The van der Waals surface area contributed by atoms with Crippen LogP contribution >= 0.6 is 0 Å². The SMILES string of the molecule is O=c1cc(-c2ccc(F)cc2)n(-c2ccccc2)c(Nc2ccccc2)n1. The number of benzene rings is 3. The van der Waals surface area contributed by atoms with Crippen LogP contribution in [0, 0.1) is 5.82 Å². The Bertz CT molecular complexity index is 1110. The summed E-state index contributed by atoms with van der Waals surface area (Å²) in [4.78, 5) is 16.5. The van der Waals surface area contributed by atoms with Gasteiger partial charge in [-0.3, -0.25) is 9.36 Å². The Morgan fingerprint density at radius 3 is 2.11 bits per heavy atom. The average Bonchev–Trinajstić information content (AvgIpc) is 2.69. The third-order valence-electron chi connectivity index (χ3n) is 4.11. The van der Waals surface area contributed by atoms with E-state index in [-0.39, 0.29) is 11.4 Å². The zero-order chi connectivity index (χ0) is 18.6. The Hall–Kier alpha value is -3.73. The molecule has 1 aromatic heterocycles. The van der Waals surface area contributed by atoms with Gasteiger partial charge in [0.25, 0.3) is 5.56 Å². The number of rotatable bonds is 4. The summed E-state index contributed by atoms with van der Waals surface area (Å²) in [5.74, 6) is 0.0586. The molecule has 0 aliphatic heterocycles. The van der Waals surface area contributed by atoms with Gasteiger partial charge in [0, 0.05) is 17.4 Å². The van der Waals surface area contributed by atoms with Gasteiger partial charge in [-0.15, -0.1) is 0 Å². The Kier molecular flexibility index (Phi) is 4.49. The zero-order valence-corrected chi connectivity index (χ0v) is 14.3. The second-order valence-electron chi connectivity index (χ2n) is 5.97. The fraction of sp³-hybridized carbons (Fsp3) is 0. The lowest BCUT2D eigenvalue weighted by Gasteiger charge is -2.19. The first-order valence-electron chi connectivity index (χ1n) is 8.48. The van der Waals surface area contributed by atoms with Crippen LogP contribution in [-0.2, 0) is 0 Å². The molecule has 0 bridgehead atoms. The molecular formula is C22H16FN3O. The summed E-state index contributed by atoms with van der Waals surface area (Å²) in [5.41, 5.74) is 2.61. The summed E-state index contributed by atoms with van der Waals surface area (Å²) in [6.07, 6.45) is 0. The van der Waals surface area contributed by atoms with Crippen LogP contribution < -0.4 is 10.9 Å². The van der Waals surface area contributed by atoms with Gasteiger partial charge in [-0.1, -0.05) is 36.4 Å². The van der Waals surface area contributed by atoms with Crippen LogP contribution in [0.5, 0.6) is 0 Å². The van der Waals surface area contributed by atoms with Crippen LogP contribution in [0.4, 0.5) is 16.0 Å². The molecule has 1 N–H and O–H groups in total. The fourth-order valence-electron chi connectivity index (χ4n) is 2.89. The number of hydrogen-bond donors (Lipinski definition) is 1. The summed E-state index contributed by atoms with van der Waals surface area (Å²) in [7, 11) is 0. The van der Waals surface area contributed by atoms with Crippen LogP contribution in [0.15, 0.2) is 95.8 Å². The third kappa shape index (κ3) is 3.62. The minimum absolute atomic E-state index is 0.330. The second-order valence-corrected chi connectivity index (χ2v) is 5.97. The molecule has 1 heterocycles. The monoisotopic (exact) mass is 357 g/mol. The predicted molar refractivity (Wildman–Crippen MR) is 105 cm³/mol. The lowest BCUT2D eigenvalue weighted by Crippen LogP contribution is -2.17. The van der Waals surface area contributed by atoms with E-state index < -0.39 is 0 Å². The Labute approximate surface area is 155 Å². The maximum absolute atomic E-state index is 13.4. The highest BCUT2D eigenvalue weighted by Gasteiger charge is 2.13. The molecule has 0 aliphatic rings. The molecule has 27 heavy (non-hydrogen) atoms.